The molecule has 0 aliphatic rings. The van der Waals surface area contributed by atoms with Gasteiger partial charge in [-0.1, -0.05) is 24.3 Å². The minimum atomic E-state index is -0.882. The average molecular weight is 231 g/mol. The summed E-state index contributed by atoms with van der Waals surface area (Å²) >= 11 is 0. The molecule has 2 rings (SSSR count). The van der Waals surface area contributed by atoms with E-state index >= 15 is 0 Å². The van der Waals surface area contributed by atoms with Crippen LogP contribution in [0.5, 0.6) is 0 Å². The normalized spacial score (nSPS) is 10.2. The molecule has 0 saturated carbocycles. The van der Waals surface area contributed by atoms with Gasteiger partial charge in [-0.2, -0.15) is 0 Å². The van der Waals surface area contributed by atoms with E-state index in [9.17, 15) is 9.18 Å². The highest BCUT2D eigenvalue weighted by atomic mass is 19.1. The van der Waals surface area contributed by atoms with E-state index in [2.05, 4.69) is 4.98 Å². The maximum atomic E-state index is 13.4. The first-order valence-corrected chi connectivity index (χ1v) is 5.07. The molecule has 3 nitrogen and oxygen atoms in total. The van der Waals surface area contributed by atoms with Gasteiger partial charge in [-0.3, -0.25) is 9.78 Å². The minimum Gasteiger partial charge on any atom is -0.481 e. The average Bonchev–Trinajstić information content (AvgIpc) is 2.30. The first-order valence-electron chi connectivity index (χ1n) is 5.07. The van der Waals surface area contributed by atoms with Crippen molar-refractivity contribution in [3.05, 3.63) is 54.1 Å². The fraction of sp³-hybridized carbons (Fsp3) is 0.0769. The van der Waals surface area contributed by atoms with E-state index in [4.69, 9.17) is 5.11 Å². The zero-order valence-corrected chi connectivity index (χ0v) is 8.93. The van der Waals surface area contributed by atoms with Gasteiger partial charge in [-0.05, 0) is 17.2 Å². The van der Waals surface area contributed by atoms with Crippen molar-refractivity contribution in [3.63, 3.8) is 0 Å². The number of carboxylic acid groups (broad SMARTS) is 1. The van der Waals surface area contributed by atoms with Gasteiger partial charge in [0.15, 0.2) is 0 Å². The molecule has 0 fully saturated rings. The first-order chi connectivity index (χ1) is 8.16. The second kappa shape index (κ2) is 4.74. The molecule has 1 heterocycles. The SMILES string of the molecule is O=C(O)Cc1ccc(-c2ccncc2F)cc1. The van der Waals surface area contributed by atoms with Crippen LogP contribution in [0.1, 0.15) is 5.56 Å². The van der Waals surface area contributed by atoms with Gasteiger partial charge < -0.3 is 5.11 Å². The van der Waals surface area contributed by atoms with Crippen molar-refractivity contribution >= 4 is 5.97 Å². The van der Waals surface area contributed by atoms with E-state index in [1.807, 2.05) is 0 Å². The lowest BCUT2D eigenvalue weighted by Crippen LogP contribution is -1.99. The van der Waals surface area contributed by atoms with Crippen LogP contribution in [-0.2, 0) is 11.2 Å². The molecule has 17 heavy (non-hydrogen) atoms. The Morgan fingerprint density at radius 2 is 1.94 bits per heavy atom. The molecule has 0 radical (unpaired) electrons. The number of carboxylic acids is 1. The molecular weight excluding hydrogens is 221 g/mol. The molecule has 0 spiro atoms. The van der Waals surface area contributed by atoms with Gasteiger partial charge in [-0.15, -0.1) is 0 Å². The minimum absolute atomic E-state index is 0.0287. The van der Waals surface area contributed by atoms with Crippen molar-refractivity contribution in [1.82, 2.24) is 4.98 Å². The predicted octanol–water partition coefficient (Wildman–Crippen LogP) is 2.51. The van der Waals surface area contributed by atoms with E-state index in [-0.39, 0.29) is 6.42 Å². The third-order valence-electron chi connectivity index (χ3n) is 2.39. The number of aromatic nitrogens is 1. The number of hydrogen-bond donors (Lipinski definition) is 1. The summed E-state index contributed by atoms with van der Waals surface area (Å²) in [6, 6.07) is 8.36. The van der Waals surface area contributed by atoms with Crippen molar-refractivity contribution in [3.8, 4) is 11.1 Å². The summed E-state index contributed by atoms with van der Waals surface area (Å²) in [5.74, 6) is -1.27. The molecule has 0 saturated heterocycles. The predicted molar refractivity (Wildman–Crippen MR) is 61.0 cm³/mol. The Bertz CT molecular complexity index is 537. The lowest BCUT2D eigenvalue weighted by Gasteiger charge is -2.03. The number of pyridine rings is 1. The Kier molecular flexibility index (Phi) is 3.14. The molecule has 0 amide bonds. The quantitative estimate of drug-likeness (QED) is 0.883. The molecular formula is C13H10FNO2. The fourth-order valence-electron chi connectivity index (χ4n) is 1.59. The van der Waals surface area contributed by atoms with Crippen LogP contribution in [0.4, 0.5) is 4.39 Å². The number of rotatable bonds is 3. The maximum absolute atomic E-state index is 13.4. The standard InChI is InChI=1S/C13H10FNO2/c14-12-8-15-6-5-11(12)10-3-1-9(2-4-10)7-13(16)17/h1-6,8H,7H2,(H,16,17). The number of nitrogens with zero attached hydrogens (tertiary/aromatic N) is 1. The van der Waals surface area contributed by atoms with Crippen LogP contribution in [-0.4, -0.2) is 16.1 Å². The lowest BCUT2D eigenvalue weighted by molar-refractivity contribution is -0.136. The zero-order valence-electron chi connectivity index (χ0n) is 8.93. The van der Waals surface area contributed by atoms with E-state index in [0.29, 0.717) is 16.7 Å². The molecule has 1 N–H and O–H groups in total. The van der Waals surface area contributed by atoms with E-state index in [0.717, 1.165) is 6.20 Å². The van der Waals surface area contributed by atoms with Crippen LogP contribution in [0, 0.1) is 5.82 Å². The largest absolute Gasteiger partial charge is 0.481 e. The van der Waals surface area contributed by atoms with E-state index < -0.39 is 11.8 Å². The Labute approximate surface area is 97.6 Å². The Balaban J connectivity index is 2.30. The van der Waals surface area contributed by atoms with Crippen molar-refractivity contribution in [2.45, 2.75) is 6.42 Å². The van der Waals surface area contributed by atoms with Gasteiger partial charge in [0, 0.05) is 11.8 Å². The summed E-state index contributed by atoms with van der Waals surface area (Å²) < 4.78 is 13.4. The molecule has 4 heteroatoms. The maximum Gasteiger partial charge on any atom is 0.307 e. The Hall–Kier alpha value is -2.23. The molecule has 0 unspecified atom stereocenters. The van der Waals surface area contributed by atoms with E-state index in [1.165, 1.54) is 6.20 Å². The zero-order chi connectivity index (χ0) is 12.3. The smallest absolute Gasteiger partial charge is 0.307 e. The number of halogens is 1. The van der Waals surface area contributed by atoms with Crippen molar-refractivity contribution in [2.75, 3.05) is 0 Å². The Morgan fingerprint density at radius 3 is 2.53 bits per heavy atom. The summed E-state index contributed by atoms with van der Waals surface area (Å²) in [4.78, 5) is 14.2. The molecule has 0 aliphatic carbocycles. The summed E-state index contributed by atoms with van der Waals surface area (Å²) in [7, 11) is 0. The van der Waals surface area contributed by atoms with Crippen LogP contribution in [0.15, 0.2) is 42.7 Å². The van der Waals surface area contributed by atoms with Gasteiger partial charge in [-0.25, -0.2) is 4.39 Å². The van der Waals surface area contributed by atoms with Crippen molar-refractivity contribution in [1.29, 1.82) is 0 Å². The van der Waals surface area contributed by atoms with Crippen LogP contribution in [0.25, 0.3) is 11.1 Å². The molecule has 0 atom stereocenters. The highest BCUT2D eigenvalue weighted by Crippen LogP contribution is 2.22. The molecule has 0 bridgehead atoms. The molecule has 86 valence electrons. The number of aliphatic carboxylic acids is 1. The van der Waals surface area contributed by atoms with Gasteiger partial charge in [0.25, 0.3) is 0 Å². The molecule has 1 aromatic heterocycles. The molecule has 0 aliphatic heterocycles. The molecule has 1 aromatic carbocycles. The van der Waals surface area contributed by atoms with Gasteiger partial charge in [0.05, 0.1) is 12.6 Å². The number of hydrogen-bond acceptors (Lipinski definition) is 2. The lowest BCUT2D eigenvalue weighted by atomic mass is 10.0. The fourth-order valence-corrected chi connectivity index (χ4v) is 1.59. The van der Waals surface area contributed by atoms with Crippen LogP contribution in [0.3, 0.4) is 0 Å². The number of carbonyl (C=O) groups is 1. The van der Waals surface area contributed by atoms with E-state index in [1.54, 1.807) is 30.3 Å². The third kappa shape index (κ3) is 2.66. The third-order valence-corrected chi connectivity index (χ3v) is 2.39. The van der Waals surface area contributed by atoms with Crippen molar-refractivity contribution < 1.29 is 14.3 Å². The van der Waals surface area contributed by atoms with Gasteiger partial charge in [0.1, 0.15) is 5.82 Å². The second-order valence-electron chi connectivity index (χ2n) is 3.62. The summed E-state index contributed by atoms with van der Waals surface area (Å²) in [6.07, 6.45) is 2.64. The van der Waals surface area contributed by atoms with Crippen LogP contribution >= 0.6 is 0 Å². The van der Waals surface area contributed by atoms with Crippen LogP contribution in [0.2, 0.25) is 0 Å². The second-order valence-corrected chi connectivity index (χ2v) is 3.62. The summed E-state index contributed by atoms with van der Waals surface area (Å²) in [5.41, 5.74) is 1.86. The summed E-state index contributed by atoms with van der Waals surface area (Å²) in [5, 5.41) is 8.63. The first kappa shape index (κ1) is 11.3. The monoisotopic (exact) mass is 231 g/mol. The van der Waals surface area contributed by atoms with Crippen LogP contribution < -0.4 is 0 Å². The highest BCUT2D eigenvalue weighted by Gasteiger charge is 2.05. The topological polar surface area (TPSA) is 50.2 Å². The Morgan fingerprint density at radius 1 is 1.24 bits per heavy atom. The van der Waals surface area contributed by atoms with Gasteiger partial charge >= 0.3 is 5.97 Å². The highest BCUT2D eigenvalue weighted by molar-refractivity contribution is 5.71. The van der Waals surface area contributed by atoms with Crippen molar-refractivity contribution in [2.24, 2.45) is 0 Å². The molecule has 2 aromatic rings. The van der Waals surface area contributed by atoms with Gasteiger partial charge in [0.2, 0.25) is 0 Å². The number of benzene rings is 1. The summed E-state index contributed by atoms with van der Waals surface area (Å²) in [6.45, 7) is 0.